The van der Waals surface area contributed by atoms with Crippen LogP contribution in [0.15, 0.2) is 24.3 Å². The highest BCUT2D eigenvalue weighted by molar-refractivity contribution is 5.41. The van der Waals surface area contributed by atoms with Crippen molar-refractivity contribution in [2.45, 2.75) is 6.54 Å². The Bertz CT molecular complexity index is 165. The van der Waals surface area contributed by atoms with E-state index >= 15 is 0 Å². The van der Waals surface area contributed by atoms with Gasteiger partial charge >= 0.3 is 0 Å². The fourth-order valence-corrected chi connectivity index (χ4v) is 0.889. The van der Waals surface area contributed by atoms with Crippen molar-refractivity contribution < 1.29 is 0 Å². The Morgan fingerprint density at radius 3 is 2.00 bits per heavy atom. The third-order valence-electron chi connectivity index (χ3n) is 1.38. The van der Waals surface area contributed by atoms with Gasteiger partial charge in [-0.15, -0.1) is 0 Å². The van der Waals surface area contributed by atoms with E-state index in [2.05, 4.69) is 17.4 Å². The summed E-state index contributed by atoms with van der Waals surface area (Å²) in [6.07, 6.45) is 0. The highest BCUT2D eigenvalue weighted by Crippen LogP contribution is 2.16. The lowest BCUT2D eigenvalue weighted by atomic mass is 10.1. The van der Waals surface area contributed by atoms with Gasteiger partial charge in [-0.3, -0.25) is 5.32 Å². The predicted molar refractivity (Wildman–Crippen MR) is 31.9 cm³/mol. The molecule has 0 N–H and O–H groups in total. The monoisotopic (exact) mass is 104 g/mol. The first-order valence-electron chi connectivity index (χ1n) is 2.71. The Balaban J connectivity index is 2.69. The Kier molecular flexibility index (Phi) is 0.618. The molecule has 2 aliphatic heterocycles. The van der Waals surface area contributed by atoms with E-state index in [-0.39, 0.29) is 0 Å². The molecule has 0 saturated heterocycles. The van der Waals surface area contributed by atoms with Crippen LogP contribution in [0, 0.1) is 0 Å². The lowest BCUT2D eigenvalue weighted by Crippen LogP contribution is -2.02. The summed E-state index contributed by atoms with van der Waals surface area (Å²) in [7, 11) is 0. The fraction of sp³-hybridized carbons (Fsp3) is 0.143. The topological polar surface area (TPSA) is 14.1 Å². The SMILES string of the molecule is c1cc2ccc1C[N]2. The zero-order valence-electron chi connectivity index (χ0n) is 4.46. The Morgan fingerprint density at radius 1 is 1.12 bits per heavy atom. The number of hydrogen-bond donors (Lipinski definition) is 0. The second-order valence-corrected chi connectivity index (χ2v) is 1.98. The molecule has 2 bridgehead atoms. The quantitative estimate of drug-likeness (QED) is 0.473. The molecule has 0 amide bonds. The summed E-state index contributed by atoms with van der Waals surface area (Å²) in [6, 6.07) is 8.31. The van der Waals surface area contributed by atoms with Crippen LogP contribution in [0.1, 0.15) is 5.56 Å². The second kappa shape index (κ2) is 1.25. The zero-order valence-corrected chi connectivity index (χ0v) is 4.46. The summed E-state index contributed by atoms with van der Waals surface area (Å²) in [5, 5.41) is 4.20. The van der Waals surface area contributed by atoms with Crippen molar-refractivity contribution in [1.82, 2.24) is 5.32 Å². The standard InChI is InChI=1S/C7H6N/c1-3-7-4-2-6(1)5-8-7/h1-4H,5H2. The van der Waals surface area contributed by atoms with E-state index in [1.165, 1.54) is 5.56 Å². The van der Waals surface area contributed by atoms with Crippen molar-refractivity contribution in [2.24, 2.45) is 0 Å². The van der Waals surface area contributed by atoms with E-state index in [9.17, 15) is 0 Å². The second-order valence-electron chi connectivity index (χ2n) is 1.98. The molecule has 8 heavy (non-hydrogen) atoms. The first kappa shape index (κ1) is 3.96. The van der Waals surface area contributed by atoms with Crippen LogP contribution in [-0.2, 0) is 6.54 Å². The van der Waals surface area contributed by atoms with E-state index in [0.29, 0.717) is 0 Å². The zero-order chi connectivity index (χ0) is 5.40. The molecule has 0 atom stereocenters. The summed E-state index contributed by atoms with van der Waals surface area (Å²) in [6.45, 7) is 0.891. The van der Waals surface area contributed by atoms with Gasteiger partial charge in [0.05, 0.1) is 12.2 Å². The molecule has 1 aromatic carbocycles. The van der Waals surface area contributed by atoms with Crippen LogP contribution in [0.25, 0.3) is 0 Å². The summed E-state index contributed by atoms with van der Waals surface area (Å²) >= 11 is 0. The van der Waals surface area contributed by atoms with Crippen LogP contribution < -0.4 is 5.32 Å². The van der Waals surface area contributed by atoms with E-state index in [1.54, 1.807) is 0 Å². The molecule has 0 aromatic heterocycles. The number of fused-ring (bicyclic) bond motifs is 3. The van der Waals surface area contributed by atoms with E-state index in [1.807, 2.05) is 12.1 Å². The molecule has 0 fully saturated rings. The number of rotatable bonds is 0. The van der Waals surface area contributed by atoms with Gasteiger partial charge in [0.1, 0.15) is 0 Å². The van der Waals surface area contributed by atoms with Gasteiger partial charge in [-0.2, -0.15) is 0 Å². The fourth-order valence-electron chi connectivity index (χ4n) is 0.889. The molecule has 0 spiro atoms. The third kappa shape index (κ3) is 0.413. The minimum Gasteiger partial charge on any atom is -0.281 e. The van der Waals surface area contributed by atoms with E-state index in [4.69, 9.17) is 0 Å². The van der Waals surface area contributed by atoms with Gasteiger partial charge in [-0.05, 0) is 17.7 Å². The predicted octanol–water partition coefficient (Wildman–Crippen LogP) is 1.44. The minimum absolute atomic E-state index is 0.891. The van der Waals surface area contributed by atoms with Crippen LogP contribution in [0.4, 0.5) is 5.69 Å². The van der Waals surface area contributed by atoms with Gasteiger partial charge in [0.2, 0.25) is 0 Å². The molecule has 39 valence electrons. The molecule has 2 heterocycles. The van der Waals surface area contributed by atoms with Crippen LogP contribution in [0.5, 0.6) is 0 Å². The molecular weight excluding hydrogens is 98.1 g/mol. The summed E-state index contributed by atoms with van der Waals surface area (Å²) in [5.41, 5.74) is 2.43. The van der Waals surface area contributed by atoms with E-state index < -0.39 is 0 Å². The summed E-state index contributed by atoms with van der Waals surface area (Å²) in [4.78, 5) is 0. The van der Waals surface area contributed by atoms with Crippen molar-refractivity contribution in [2.75, 3.05) is 0 Å². The molecule has 2 aliphatic rings. The average molecular weight is 104 g/mol. The Labute approximate surface area is 48.3 Å². The van der Waals surface area contributed by atoms with E-state index in [0.717, 1.165) is 12.2 Å². The smallest absolute Gasteiger partial charge is 0.0646 e. The molecule has 0 aliphatic carbocycles. The average Bonchev–Trinajstić information content (AvgIpc) is 1.92. The number of nitrogens with zero attached hydrogens (tertiary/aromatic N) is 1. The summed E-state index contributed by atoms with van der Waals surface area (Å²) < 4.78 is 0. The maximum Gasteiger partial charge on any atom is 0.0646 e. The van der Waals surface area contributed by atoms with Crippen LogP contribution in [-0.4, -0.2) is 0 Å². The van der Waals surface area contributed by atoms with Gasteiger partial charge in [0.15, 0.2) is 0 Å². The first-order chi connectivity index (χ1) is 3.95. The van der Waals surface area contributed by atoms with Crippen LogP contribution in [0.3, 0.4) is 0 Å². The largest absolute Gasteiger partial charge is 0.281 e. The third-order valence-corrected chi connectivity index (χ3v) is 1.38. The Morgan fingerprint density at radius 2 is 1.88 bits per heavy atom. The highest BCUT2D eigenvalue weighted by Gasteiger charge is 2.01. The lowest BCUT2D eigenvalue weighted by molar-refractivity contribution is 0.836. The molecule has 1 aromatic rings. The number of benzene rings is 1. The minimum atomic E-state index is 0.891. The molecule has 1 heteroatoms. The summed E-state index contributed by atoms with van der Waals surface area (Å²) in [5.74, 6) is 0. The van der Waals surface area contributed by atoms with Crippen molar-refractivity contribution in [3.63, 3.8) is 0 Å². The lowest BCUT2D eigenvalue weighted by Gasteiger charge is -2.09. The molecule has 1 radical (unpaired) electrons. The number of hydrogen-bond acceptors (Lipinski definition) is 0. The molecular formula is C7H6N. The Hall–Kier alpha value is -0.980. The molecule has 1 nitrogen and oxygen atoms in total. The van der Waals surface area contributed by atoms with Crippen molar-refractivity contribution >= 4 is 5.69 Å². The first-order valence-corrected chi connectivity index (χ1v) is 2.71. The van der Waals surface area contributed by atoms with Gasteiger partial charge < -0.3 is 0 Å². The maximum absolute atomic E-state index is 4.20. The highest BCUT2D eigenvalue weighted by atomic mass is 14.9. The van der Waals surface area contributed by atoms with Crippen molar-refractivity contribution in [1.29, 1.82) is 0 Å². The van der Waals surface area contributed by atoms with Gasteiger partial charge in [0, 0.05) is 0 Å². The van der Waals surface area contributed by atoms with Gasteiger partial charge in [0.25, 0.3) is 0 Å². The normalized spacial score (nSPS) is 13.5. The molecule has 0 saturated carbocycles. The van der Waals surface area contributed by atoms with Crippen molar-refractivity contribution in [3.8, 4) is 0 Å². The maximum atomic E-state index is 4.20. The van der Waals surface area contributed by atoms with Gasteiger partial charge in [-0.25, -0.2) is 0 Å². The van der Waals surface area contributed by atoms with Crippen LogP contribution in [0.2, 0.25) is 0 Å². The van der Waals surface area contributed by atoms with Crippen LogP contribution >= 0.6 is 0 Å². The van der Waals surface area contributed by atoms with Gasteiger partial charge in [-0.1, -0.05) is 12.1 Å². The molecule has 0 unspecified atom stereocenters. The van der Waals surface area contributed by atoms with Crippen molar-refractivity contribution in [3.05, 3.63) is 29.8 Å². The molecule has 3 rings (SSSR count).